The standard InChI is InChI=1S/C56H95NO8/c1-3-5-7-9-11-13-15-17-19-21-23-25-27-29-31-33-35-37-39-41-43-45-50(59)49(48-64-56-55(63)54(62)53(61)51(47-58)65-56)57-52(60)46-44-42-40-38-36-34-32-30-28-26-24-22-20-18-16-14-12-10-8-6-4-2/h6,8,12,14,18,20,24,26-27,29-30,32,35,37,43,45,49-51,53-56,58-59,61-63H,3-5,7,9-11,13,15-17,19,21-23,25,28,31,33-34,36,38-42,44,46-48H2,1-2H3,(H,57,60)/b8-6-,14-12-,20-18-,26-24-,29-27+,32-30-,37-35+,45-43+. The Kier molecular flexibility index (Phi) is 41.6. The minimum absolute atomic E-state index is 0.214. The van der Waals surface area contributed by atoms with Gasteiger partial charge in [0.05, 0.1) is 25.4 Å². The van der Waals surface area contributed by atoms with Gasteiger partial charge in [-0.05, 0) is 89.9 Å². The molecule has 0 radical (unpaired) electrons. The summed E-state index contributed by atoms with van der Waals surface area (Å²) in [5.41, 5.74) is 0. The maximum atomic E-state index is 13.0. The molecule has 6 N–H and O–H groups in total. The summed E-state index contributed by atoms with van der Waals surface area (Å²) in [5, 5.41) is 54.3. The SMILES string of the molecule is CC/C=C\C/C=C\C/C=C\C/C=C\C/C=C\CCCCCCCC(=O)NC(COC1OC(CO)C(O)C(O)C1O)C(O)/C=C/CC/C=C/CC/C=C/CCCCCCCCCCCCC. The number of amides is 1. The van der Waals surface area contributed by atoms with Crippen molar-refractivity contribution < 1.29 is 39.8 Å². The molecule has 372 valence electrons. The van der Waals surface area contributed by atoms with Crippen molar-refractivity contribution in [3.63, 3.8) is 0 Å². The number of ether oxygens (including phenoxy) is 2. The van der Waals surface area contributed by atoms with Crippen molar-refractivity contribution in [3.05, 3.63) is 97.2 Å². The van der Waals surface area contributed by atoms with Crippen LogP contribution in [0.3, 0.4) is 0 Å². The lowest BCUT2D eigenvalue weighted by Crippen LogP contribution is -2.60. The lowest BCUT2D eigenvalue weighted by Gasteiger charge is -2.40. The molecule has 0 aromatic rings. The highest BCUT2D eigenvalue weighted by Crippen LogP contribution is 2.22. The number of rotatable bonds is 42. The molecule has 0 aliphatic carbocycles. The summed E-state index contributed by atoms with van der Waals surface area (Å²) in [4.78, 5) is 13.0. The molecule has 9 nitrogen and oxygen atoms in total. The van der Waals surface area contributed by atoms with Crippen LogP contribution in [0.15, 0.2) is 97.2 Å². The van der Waals surface area contributed by atoms with E-state index in [0.29, 0.717) is 6.42 Å². The molecule has 1 aliphatic heterocycles. The van der Waals surface area contributed by atoms with Gasteiger partial charge in [0.1, 0.15) is 24.4 Å². The highest BCUT2D eigenvalue weighted by atomic mass is 16.7. The average Bonchev–Trinajstić information content (AvgIpc) is 3.31. The Morgan fingerprint density at radius 3 is 1.48 bits per heavy atom. The van der Waals surface area contributed by atoms with E-state index in [1.54, 1.807) is 6.08 Å². The van der Waals surface area contributed by atoms with E-state index in [1.165, 1.54) is 70.6 Å². The molecule has 0 aromatic carbocycles. The van der Waals surface area contributed by atoms with Gasteiger partial charge in [0.15, 0.2) is 6.29 Å². The van der Waals surface area contributed by atoms with Crippen LogP contribution in [0.5, 0.6) is 0 Å². The Hall–Kier alpha value is -2.89. The number of allylic oxidation sites excluding steroid dienone is 15. The molecule has 0 spiro atoms. The molecule has 1 amide bonds. The van der Waals surface area contributed by atoms with E-state index < -0.39 is 49.5 Å². The molecule has 1 saturated heterocycles. The van der Waals surface area contributed by atoms with Gasteiger partial charge < -0.3 is 40.3 Å². The number of carbonyl (C=O) groups is 1. The molecular formula is C56H95NO8. The first-order valence-corrected chi connectivity index (χ1v) is 26.0. The first kappa shape index (κ1) is 60.1. The Morgan fingerprint density at radius 1 is 0.538 bits per heavy atom. The summed E-state index contributed by atoms with van der Waals surface area (Å²) in [6.07, 6.45) is 57.4. The molecule has 1 aliphatic rings. The number of aliphatic hydroxyl groups excluding tert-OH is 5. The predicted molar refractivity (Wildman–Crippen MR) is 271 cm³/mol. The Labute approximate surface area is 396 Å². The maximum Gasteiger partial charge on any atom is 0.220 e. The van der Waals surface area contributed by atoms with Crippen molar-refractivity contribution in [2.75, 3.05) is 13.2 Å². The molecule has 7 atom stereocenters. The maximum absolute atomic E-state index is 13.0. The van der Waals surface area contributed by atoms with E-state index in [1.807, 2.05) is 6.08 Å². The van der Waals surface area contributed by atoms with Crippen molar-refractivity contribution >= 4 is 5.91 Å². The summed E-state index contributed by atoms with van der Waals surface area (Å²) in [5.74, 6) is -0.214. The largest absolute Gasteiger partial charge is 0.394 e. The molecule has 65 heavy (non-hydrogen) atoms. The van der Waals surface area contributed by atoms with Crippen molar-refractivity contribution in [2.24, 2.45) is 0 Å². The fraction of sp³-hybridized carbons (Fsp3) is 0.696. The molecule has 9 heteroatoms. The van der Waals surface area contributed by atoms with E-state index in [9.17, 15) is 30.3 Å². The zero-order chi connectivity index (χ0) is 47.3. The highest BCUT2D eigenvalue weighted by Gasteiger charge is 2.44. The molecule has 1 fully saturated rings. The molecule has 1 rings (SSSR count). The Morgan fingerprint density at radius 2 is 0.969 bits per heavy atom. The van der Waals surface area contributed by atoms with Gasteiger partial charge in [0.25, 0.3) is 0 Å². The van der Waals surface area contributed by atoms with Crippen LogP contribution in [0.2, 0.25) is 0 Å². The lowest BCUT2D eigenvalue weighted by atomic mass is 9.99. The third kappa shape index (κ3) is 35.0. The minimum Gasteiger partial charge on any atom is -0.394 e. The second-order valence-electron chi connectivity index (χ2n) is 17.6. The number of unbranched alkanes of at least 4 members (excludes halogenated alkanes) is 18. The van der Waals surface area contributed by atoms with E-state index in [-0.39, 0.29) is 12.5 Å². The van der Waals surface area contributed by atoms with E-state index in [0.717, 1.165) is 103 Å². The molecular weight excluding hydrogens is 815 g/mol. The summed E-state index contributed by atoms with van der Waals surface area (Å²) < 4.78 is 11.2. The predicted octanol–water partition coefficient (Wildman–Crippen LogP) is 12.1. The van der Waals surface area contributed by atoms with Crippen LogP contribution in [-0.4, -0.2) is 87.5 Å². The second kappa shape index (κ2) is 44.9. The van der Waals surface area contributed by atoms with Gasteiger partial charge in [-0.15, -0.1) is 0 Å². The van der Waals surface area contributed by atoms with Gasteiger partial charge in [0.2, 0.25) is 5.91 Å². The van der Waals surface area contributed by atoms with Gasteiger partial charge >= 0.3 is 0 Å². The van der Waals surface area contributed by atoms with Crippen molar-refractivity contribution in [2.45, 2.75) is 236 Å². The second-order valence-corrected chi connectivity index (χ2v) is 17.6. The first-order valence-electron chi connectivity index (χ1n) is 26.0. The number of nitrogens with one attached hydrogen (secondary N) is 1. The number of carbonyl (C=O) groups excluding carboxylic acids is 1. The van der Waals surface area contributed by atoms with Crippen LogP contribution in [0.1, 0.15) is 194 Å². The van der Waals surface area contributed by atoms with Crippen LogP contribution < -0.4 is 5.32 Å². The summed E-state index contributed by atoms with van der Waals surface area (Å²) in [6, 6.07) is -0.845. The van der Waals surface area contributed by atoms with Crippen LogP contribution in [-0.2, 0) is 14.3 Å². The zero-order valence-corrected chi connectivity index (χ0v) is 41.0. The van der Waals surface area contributed by atoms with Crippen molar-refractivity contribution in [1.82, 2.24) is 5.32 Å². The number of aliphatic hydroxyl groups is 5. The van der Waals surface area contributed by atoms with Crippen molar-refractivity contribution in [1.29, 1.82) is 0 Å². The Bertz CT molecular complexity index is 1330. The van der Waals surface area contributed by atoms with Gasteiger partial charge in [-0.3, -0.25) is 4.79 Å². The molecule has 0 bridgehead atoms. The lowest BCUT2D eigenvalue weighted by molar-refractivity contribution is -0.302. The quantitative estimate of drug-likeness (QED) is 0.0262. The van der Waals surface area contributed by atoms with Crippen LogP contribution in [0.25, 0.3) is 0 Å². The summed E-state index contributed by atoms with van der Waals surface area (Å²) >= 11 is 0. The fourth-order valence-corrected chi connectivity index (χ4v) is 7.51. The van der Waals surface area contributed by atoms with Crippen LogP contribution in [0.4, 0.5) is 0 Å². The van der Waals surface area contributed by atoms with Gasteiger partial charge in [-0.2, -0.15) is 0 Å². The average molecular weight is 910 g/mol. The molecule has 7 unspecified atom stereocenters. The zero-order valence-electron chi connectivity index (χ0n) is 41.0. The fourth-order valence-electron chi connectivity index (χ4n) is 7.51. The third-order valence-electron chi connectivity index (χ3n) is 11.6. The van der Waals surface area contributed by atoms with E-state index >= 15 is 0 Å². The van der Waals surface area contributed by atoms with Gasteiger partial charge in [-0.1, -0.05) is 195 Å². The minimum atomic E-state index is -1.58. The monoisotopic (exact) mass is 910 g/mol. The van der Waals surface area contributed by atoms with Crippen molar-refractivity contribution in [3.8, 4) is 0 Å². The summed E-state index contributed by atoms with van der Waals surface area (Å²) in [6.45, 7) is 3.62. The van der Waals surface area contributed by atoms with Gasteiger partial charge in [0, 0.05) is 6.42 Å². The normalized spacial score (nSPS) is 20.8. The third-order valence-corrected chi connectivity index (χ3v) is 11.6. The Balaban J connectivity index is 2.37. The number of hydrogen-bond acceptors (Lipinski definition) is 8. The van der Waals surface area contributed by atoms with Crippen LogP contribution >= 0.6 is 0 Å². The van der Waals surface area contributed by atoms with E-state index in [4.69, 9.17) is 9.47 Å². The topological polar surface area (TPSA) is 149 Å². The molecule has 1 heterocycles. The first-order chi connectivity index (χ1) is 31.8. The number of hydrogen-bond donors (Lipinski definition) is 6. The van der Waals surface area contributed by atoms with E-state index in [2.05, 4.69) is 104 Å². The highest BCUT2D eigenvalue weighted by molar-refractivity contribution is 5.76. The summed E-state index contributed by atoms with van der Waals surface area (Å²) in [7, 11) is 0. The molecule has 0 saturated carbocycles. The van der Waals surface area contributed by atoms with Gasteiger partial charge in [-0.25, -0.2) is 0 Å². The van der Waals surface area contributed by atoms with Crippen LogP contribution in [0, 0.1) is 0 Å². The molecule has 0 aromatic heterocycles. The smallest absolute Gasteiger partial charge is 0.220 e.